The highest BCUT2D eigenvalue weighted by Crippen LogP contribution is 2.46. The first-order valence-electron chi connectivity index (χ1n) is 12.6. The van der Waals surface area contributed by atoms with E-state index in [0.29, 0.717) is 17.3 Å². The number of rotatable bonds is 9. The van der Waals surface area contributed by atoms with E-state index in [9.17, 15) is 32.2 Å². The lowest BCUT2D eigenvalue weighted by Gasteiger charge is -2.12. The van der Waals surface area contributed by atoms with Gasteiger partial charge in [0.05, 0.1) is 15.4 Å². The first kappa shape index (κ1) is 31.0. The number of carbonyl (C=O) groups is 1. The molecule has 2 aromatic carbocycles. The minimum atomic E-state index is -4.57. The summed E-state index contributed by atoms with van der Waals surface area (Å²) < 4.78 is 65.7. The molecule has 4 aromatic rings. The summed E-state index contributed by atoms with van der Waals surface area (Å²) in [4.78, 5) is 39.1. The number of halogens is 2. The Bertz CT molecular complexity index is 1750. The molecule has 1 aliphatic heterocycles. The van der Waals surface area contributed by atoms with Gasteiger partial charge in [-0.25, -0.2) is 26.2 Å². The predicted molar refractivity (Wildman–Crippen MR) is 142 cm³/mol. The molecule has 3 heterocycles. The van der Waals surface area contributed by atoms with Gasteiger partial charge in [0.15, 0.2) is 0 Å². The first-order chi connectivity index (χ1) is 20.2. The minimum absolute atomic E-state index is 0.0417. The van der Waals surface area contributed by atoms with E-state index in [1.807, 2.05) is 0 Å². The average molecular weight is 642 g/mol. The highest BCUT2D eigenvalue weighted by atomic mass is 32.2. The van der Waals surface area contributed by atoms with Crippen LogP contribution < -0.4 is 9.88 Å². The van der Waals surface area contributed by atoms with Crippen LogP contribution in [-0.2, 0) is 25.6 Å². The SMILES string of the molecule is O=C(NCc1ccc(S(=O)(=O)c2cc(F)cc(F)c2)cc1)c1ccc2n(cc[n+]2[C@@H]2O[C@H](CO[P+](O)(O)O)[C@@H](O)[C@H]2O)c1. The van der Waals surface area contributed by atoms with Crippen LogP contribution in [-0.4, -0.2) is 68.5 Å². The van der Waals surface area contributed by atoms with Crippen LogP contribution in [0.15, 0.2) is 83.0 Å². The molecule has 0 radical (unpaired) electrons. The number of pyridine rings is 1. The number of aromatic nitrogens is 2. The molecule has 5 rings (SSSR count). The maximum atomic E-state index is 13.5. The van der Waals surface area contributed by atoms with Crippen molar-refractivity contribution in [2.45, 2.75) is 40.9 Å². The van der Waals surface area contributed by atoms with E-state index < -0.39 is 71.6 Å². The number of hydrogen-bond donors (Lipinski definition) is 6. The molecule has 17 heteroatoms. The summed E-state index contributed by atoms with van der Waals surface area (Å²) in [5.41, 5.74) is 1.29. The van der Waals surface area contributed by atoms with Gasteiger partial charge >= 0.3 is 8.17 Å². The zero-order valence-corrected chi connectivity index (χ0v) is 23.6. The molecule has 4 atom stereocenters. The number of nitrogens with zero attached hydrogens (tertiary/aromatic N) is 2. The van der Waals surface area contributed by atoms with Crippen molar-refractivity contribution in [3.8, 4) is 0 Å². The molecular weight excluding hydrogens is 615 g/mol. The Kier molecular flexibility index (Phi) is 8.59. The summed E-state index contributed by atoms with van der Waals surface area (Å²) >= 11 is 0. The second kappa shape index (κ2) is 11.9. The number of amides is 1. The summed E-state index contributed by atoms with van der Waals surface area (Å²) in [6, 6.07) is 10.6. The number of benzene rings is 2. The van der Waals surface area contributed by atoms with Crippen LogP contribution in [0.4, 0.5) is 8.78 Å². The Hall–Kier alpha value is -3.44. The lowest BCUT2D eigenvalue weighted by Crippen LogP contribution is -2.45. The van der Waals surface area contributed by atoms with Crippen molar-refractivity contribution in [3.63, 3.8) is 0 Å². The number of imidazole rings is 1. The van der Waals surface area contributed by atoms with Crippen molar-refractivity contribution in [1.29, 1.82) is 0 Å². The van der Waals surface area contributed by atoms with E-state index >= 15 is 0 Å². The van der Waals surface area contributed by atoms with Crippen LogP contribution in [0.5, 0.6) is 0 Å². The number of aliphatic hydroxyl groups excluding tert-OH is 2. The zero-order chi connectivity index (χ0) is 31.1. The molecule has 0 aliphatic carbocycles. The molecular formula is C26H26F2N3O10PS+2. The fourth-order valence-corrected chi connectivity index (χ4v) is 6.23. The van der Waals surface area contributed by atoms with Gasteiger partial charge in [0, 0.05) is 18.7 Å². The Morgan fingerprint density at radius 2 is 1.67 bits per heavy atom. The fraction of sp³-hybridized carbons (Fsp3) is 0.231. The molecule has 228 valence electrons. The first-order valence-corrected chi connectivity index (χ1v) is 15.6. The molecule has 0 unspecified atom stereocenters. The maximum absolute atomic E-state index is 13.5. The fourth-order valence-electron chi connectivity index (χ4n) is 4.58. The van der Waals surface area contributed by atoms with E-state index in [1.165, 1.54) is 47.3 Å². The number of sulfone groups is 1. The van der Waals surface area contributed by atoms with Crippen LogP contribution in [0.25, 0.3) is 5.65 Å². The van der Waals surface area contributed by atoms with Crippen molar-refractivity contribution >= 4 is 29.6 Å². The van der Waals surface area contributed by atoms with Crippen LogP contribution in [0.3, 0.4) is 0 Å². The lowest BCUT2D eigenvalue weighted by molar-refractivity contribution is -0.743. The molecule has 0 spiro atoms. The molecule has 0 bridgehead atoms. The van der Waals surface area contributed by atoms with Crippen LogP contribution in [0.1, 0.15) is 22.1 Å². The Morgan fingerprint density at radius 3 is 2.33 bits per heavy atom. The van der Waals surface area contributed by atoms with Gasteiger partial charge in [-0.05, 0) is 35.9 Å². The summed E-state index contributed by atoms with van der Waals surface area (Å²) in [7, 11) is -8.73. The number of aliphatic hydroxyl groups is 2. The zero-order valence-electron chi connectivity index (χ0n) is 21.9. The van der Waals surface area contributed by atoms with Crippen LogP contribution >= 0.6 is 8.17 Å². The van der Waals surface area contributed by atoms with Gasteiger partial charge < -0.3 is 20.3 Å². The number of nitrogens with one attached hydrogen (secondary N) is 1. The van der Waals surface area contributed by atoms with Gasteiger partial charge in [-0.3, -0.25) is 4.79 Å². The summed E-state index contributed by atoms with van der Waals surface area (Å²) in [5, 5.41) is 23.5. The van der Waals surface area contributed by atoms with Crippen molar-refractivity contribution < 1.29 is 60.7 Å². The maximum Gasteiger partial charge on any atom is 0.567 e. The van der Waals surface area contributed by atoms with Gasteiger partial charge in [-0.2, -0.15) is 19.2 Å². The Labute approximate surface area is 243 Å². The van der Waals surface area contributed by atoms with Gasteiger partial charge in [0.2, 0.25) is 16.1 Å². The number of ether oxygens (including phenoxy) is 1. The largest absolute Gasteiger partial charge is 0.567 e. The van der Waals surface area contributed by atoms with Gasteiger partial charge in [-0.15, -0.1) is 0 Å². The topological polar surface area (TPSA) is 191 Å². The molecule has 1 saturated heterocycles. The van der Waals surface area contributed by atoms with Crippen molar-refractivity contribution in [2.75, 3.05) is 6.61 Å². The standard InChI is InChI=1S/C26H25F2N3O10PS/c27-17-9-18(28)11-20(10-17)43(38,39)19-4-1-15(2-5-19)12-29-25(34)16-3-6-22-30(13-16)7-8-31(22)26-24(33)23(32)21(41-26)14-40-42(35,36)37/h1-11,13,21,23-24,26,32-33,35-37H,12,14H2/q+1/p+1/t21-,23-,24-,26-/m1/s1. The third-order valence-electron chi connectivity index (χ3n) is 6.73. The van der Waals surface area contributed by atoms with E-state index in [-0.39, 0.29) is 17.0 Å². The van der Waals surface area contributed by atoms with Crippen molar-refractivity contribution in [1.82, 2.24) is 9.72 Å². The summed E-state index contributed by atoms with van der Waals surface area (Å²) in [6.07, 6.45) is -0.518. The Balaban J connectivity index is 1.24. The normalized spacial score (nSPS) is 20.9. The molecule has 0 saturated carbocycles. The molecule has 1 amide bonds. The smallest absolute Gasteiger partial charge is 0.387 e. The van der Waals surface area contributed by atoms with Gasteiger partial charge in [0.25, 0.3) is 11.6 Å². The Morgan fingerprint density at radius 1 is 1.00 bits per heavy atom. The highest BCUT2D eigenvalue weighted by molar-refractivity contribution is 7.91. The van der Waals surface area contributed by atoms with E-state index in [0.717, 1.165) is 12.1 Å². The van der Waals surface area contributed by atoms with E-state index in [2.05, 4.69) is 9.84 Å². The average Bonchev–Trinajstić information content (AvgIpc) is 3.49. The molecule has 43 heavy (non-hydrogen) atoms. The summed E-state index contributed by atoms with van der Waals surface area (Å²) in [6.45, 7) is -0.547. The highest BCUT2D eigenvalue weighted by Gasteiger charge is 2.49. The number of fused-ring (bicyclic) bond motifs is 1. The van der Waals surface area contributed by atoms with Gasteiger partial charge in [0.1, 0.15) is 55.1 Å². The number of hydrogen-bond acceptors (Lipinski definition) is 10. The molecule has 2 aromatic heterocycles. The van der Waals surface area contributed by atoms with Crippen molar-refractivity contribution in [3.05, 3.63) is 95.9 Å². The molecule has 1 aliphatic rings. The van der Waals surface area contributed by atoms with E-state index in [4.69, 9.17) is 19.4 Å². The quantitative estimate of drug-likeness (QED) is 0.111. The third-order valence-corrected chi connectivity index (χ3v) is 8.97. The minimum Gasteiger partial charge on any atom is -0.387 e. The number of carbonyl (C=O) groups excluding carboxylic acids is 1. The molecule has 1 fully saturated rings. The second-order valence-electron chi connectivity index (χ2n) is 9.68. The molecule has 13 nitrogen and oxygen atoms in total. The molecule has 6 N–H and O–H groups in total. The summed E-state index contributed by atoms with van der Waals surface area (Å²) in [5.74, 6) is -2.49. The van der Waals surface area contributed by atoms with E-state index in [1.54, 1.807) is 16.7 Å². The van der Waals surface area contributed by atoms with Crippen molar-refractivity contribution in [2.24, 2.45) is 0 Å². The van der Waals surface area contributed by atoms with Crippen LogP contribution in [0, 0.1) is 11.6 Å². The van der Waals surface area contributed by atoms with Gasteiger partial charge in [-0.1, -0.05) is 12.1 Å². The predicted octanol–water partition coefficient (Wildman–Crippen LogP) is 0.558. The second-order valence-corrected chi connectivity index (χ2v) is 12.9. The monoisotopic (exact) mass is 641 g/mol. The lowest BCUT2D eigenvalue weighted by atomic mass is 10.1. The third kappa shape index (κ3) is 6.72. The van der Waals surface area contributed by atoms with Crippen LogP contribution in [0.2, 0.25) is 0 Å².